The second-order valence-electron chi connectivity index (χ2n) is 6.79. The maximum atomic E-state index is 13.9. The third-order valence-electron chi connectivity index (χ3n) is 4.64. The Balaban J connectivity index is 1.73. The molecule has 4 rings (SSSR count). The molecule has 0 saturated carbocycles. The predicted octanol–water partition coefficient (Wildman–Crippen LogP) is 6.79. The third-order valence-corrected chi connectivity index (χ3v) is 5.35. The van der Waals surface area contributed by atoms with Gasteiger partial charge in [-0.15, -0.1) is 0 Å². The molecule has 3 nitrogen and oxygen atoms in total. The average Bonchev–Trinajstić information content (AvgIpc) is 3.06. The van der Waals surface area contributed by atoms with Crippen molar-refractivity contribution in [3.63, 3.8) is 0 Å². The molecule has 0 saturated heterocycles. The molecule has 1 unspecified atom stereocenters. The monoisotopic (exact) mass is 432 g/mol. The number of hydrogen-bond acceptors (Lipinski definition) is 2. The van der Waals surface area contributed by atoms with E-state index in [2.05, 4.69) is 4.98 Å². The third kappa shape index (κ3) is 3.80. The van der Waals surface area contributed by atoms with Crippen LogP contribution in [0.3, 0.4) is 0 Å². The summed E-state index contributed by atoms with van der Waals surface area (Å²) in [6.07, 6.45) is 2.77. The molecule has 0 aliphatic heterocycles. The van der Waals surface area contributed by atoms with E-state index in [1.54, 1.807) is 25.4 Å². The van der Waals surface area contributed by atoms with Gasteiger partial charge in [-0.1, -0.05) is 29.3 Å². The number of hydrogen-bond donors (Lipinski definition) is 0. The molecule has 4 aromatic rings. The Morgan fingerprint density at radius 2 is 1.83 bits per heavy atom. The van der Waals surface area contributed by atoms with Crippen LogP contribution in [0.1, 0.15) is 24.2 Å². The lowest BCUT2D eigenvalue weighted by atomic mass is 10.0. The van der Waals surface area contributed by atoms with E-state index < -0.39 is 11.9 Å². The van der Waals surface area contributed by atoms with E-state index in [-0.39, 0.29) is 10.8 Å². The molecule has 0 spiro atoms. The normalized spacial score (nSPS) is 12.3. The molecular formula is C22H16Cl2F2N2O. The van der Waals surface area contributed by atoms with E-state index in [0.29, 0.717) is 27.2 Å². The van der Waals surface area contributed by atoms with Gasteiger partial charge < -0.3 is 4.84 Å². The zero-order valence-electron chi connectivity index (χ0n) is 15.6. The molecule has 0 N–H and O–H groups in total. The van der Waals surface area contributed by atoms with Crippen molar-refractivity contribution in [1.29, 1.82) is 0 Å². The van der Waals surface area contributed by atoms with Crippen molar-refractivity contribution in [2.45, 2.75) is 20.0 Å². The lowest BCUT2D eigenvalue weighted by Gasteiger charge is -2.19. The molecule has 0 bridgehead atoms. The maximum absolute atomic E-state index is 13.9. The first kappa shape index (κ1) is 19.7. The van der Waals surface area contributed by atoms with Crippen LogP contribution in [0.25, 0.3) is 22.2 Å². The Kier molecular flexibility index (Phi) is 5.19. The molecule has 0 aliphatic carbocycles. The van der Waals surface area contributed by atoms with Crippen LogP contribution in [-0.4, -0.2) is 9.71 Å². The van der Waals surface area contributed by atoms with Crippen molar-refractivity contribution < 1.29 is 13.6 Å². The molecule has 148 valence electrons. The van der Waals surface area contributed by atoms with Crippen LogP contribution in [0.4, 0.5) is 8.78 Å². The number of pyridine rings is 1. The zero-order valence-corrected chi connectivity index (χ0v) is 17.1. The van der Waals surface area contributed by atoms with E-state index in [1.165, 1.54) is 29.0 Å². The quantitative estimate of drug-likeness (QED) is 0.332. The topological polar surface area (TPSA) is 27.1 Å². The molecule has 2 aromatic carbocycles. The summed E-state index contributed by atoms with van der Waals surface area (Å²) in [7, 11) is 0. The van der Waals surface area contributed by atoms with Crippen LogP contribution < -0.4 is 4.84 Å². The molecular weight excluding hydrogens is 417 g/mol. The van der Waals surface area contributed by atoms with Crippen molar-refractivity contribution in [2.24, 2.45) is 0 Å². The Bertz CT molecular complexity index is 1200. The van der Waals surface area contributed by atoms with E-state index in [9.17, 15) is 8.78 Å². The highest BCUT2D eigenvalue weighted by molar-refractivity contribution is 6.36. The molecule has 0 aliphatic rings. The van der Waals surface area contributed by atoms with Gasteiger partial charge in [-0.05, 0) is 61.4 Å². The number of aryl methyl sites for hydroxylation is 1. The summed E-state index contributed by atoms with van der Waals surface area (Å²) in [5.41, 5.74) is 4.02. The zero-order chi connectivity index (χ0) is 20.7. The van der Waals surface area contributed by atoms with Gasteiger partial charge in [0.1, 0.15) is 17.2 Å². The van der Waals surface area contributed by atoms with E-state index in [0.717, 1.165) is 11.1 Å². The Hall–Kier alpha value is -2.63. The standard InChI is InChI=1S/C22H16Cl2F2N2O/c1-12-7-14(9-16(25)8-12)15-10-20-19(27-11-15)5-6-28(20)29-13(2)21-17(23)3-4-18(26)22(21)24/h3-11,13H,1-2H3. The molecule has 0 radical (unpaired) electrons. The number of fused-ring (bicyclic) bond motifs is 1. The van der Waals surface area contributed by atoms with Crippen molar-refractivity contribution >= 4 is 34.2 Å². The molecule has 2 aromatic heterocycles. The highest BCUT2D eigenvalue weighted by Gasteiger charge is 2.20. The lowest BCUT2D eigenvalue weighted by molar-refractivity contribution is 0.0562. The summed E-state index contributed by atoms with van der Waals surface area (Å²) in [6, 6.07) is 11.1. The molecule has 7 heteroatoms. The first-order chi connectivity index (χ1) is 13.8. The maximum Gasteiger partial charge on any atom is 0.150 e. The Labute approximate surface area is 176 Å². The number of rotatable bonds is 4. The van der Waals surface area contributed by atoms with Crippen LogP contribution >= 0.6 is 23.2 Å². The molecule has 2 heterocycles. The van der Waals surface area contributed by atoms with Gasteiger partial charge in [-0.2, -0.15) is 4.73 Å². The fourth-order valence-electron chi connectivity index (χ4n) is 3.28. The number of aromatic nitrogens is 2. The van der Waals surface area contributed by atoms with Crippen LogP contribution in [-0.2, 0) is 0 Å². The van der Waals surface area contributed by atoms with Crippen molar-refractivity contribution in [1.82, 2.24) is 9.71 Å². The second-order valence-corrected chi connectivity index (χ2v) is 7.58. The highest BCUT2D eigenvalue weighted by Crippen LogP contribution is 2.33. The van der Waals surface area contributed by atoms with Gasteiger partial charge in [-0.3, -0.25) is 4.98 Å². The van der Waals surface area contributed by atoms with E-state index in [1.807, 2.05) is 19.1 Å². The van der Waals surface area contributed by atoms with E-state index >= 15 is 0 Å². The second kappa shape index (κ2) is 7.65. The smallest absolute Gasteiger partial charge is 0.150 e. The largest absolute Gasteiger partial charge is 0.406 e. The fourth-order valence-corrected chi connectivity index (χ4v) is 3.96. The van der Waals surface area contributed by atoms with Crippen LogP contribution in [0.2, 0.25) is 10.0 Å². The highest BCUT2D eigenvalue weighted by atomic mass is 35.5. The summed E-state index contributed by atoms with van der Waals surface area (Å²) < 4.78 is 29.2. The Morgan fingerprint density at radius 3 is 2.59 bits per heavy atom. The Morgan fingerprint density at radius 1 is 1.03 bits per heavy atom. The van der Waals surface area contributed by atoms with E-state index in [4.69, 9.17) is 28.0 Å². The summed E-state index contributed by atoms with van der Waals surface area (Å²) in [5.74, 6) is -0.875. The minimum Gasteiger partial charge on any atom is -0.406 e. The lowest BCUT2D eigenvalue weighted by Crippen LogP contribution is -2.16. The van der Waals surface area contributed by atoms with Crippen LogP contribution in [0.5, 0.6) is 0 Å². The molecule has 0 fully saturated rings. The van der Waals surface area contributed by atoms with Gasteiger partial charge in [0.2, 0.25) is 0 Å². The SMILES string of the molecule is Cc1cc(F)cc(-c2cnc3ccn(OC(C)c4c(Cl)ccc(F)c4Cl)c3c2)c1. The number of halogens is 4. The summed E-state index contributed by atoms with van der Waals surface area (Å²) in [4.78, 5) is 10.4. The molecule has 29 heavy (non-hydrogen) atoms. The number of benzene rings is 2. The van der Waals surface area contributed by atoms with Gasteiger partial charge in [0.25, 0.3) is 0 Å². The van der Waals surface area contributed by atoms with Crippen molar-refractivity contribution in [3.8, 4) is 11.1 Å². The number of nitrogens with zero attached hydrogens (tertiary/aromatic N) is 2. The molecule has 1 atom stereocenters. The van der Waals surface area contributed by atoms with Gasteiger partial charge in [0.05, 0.1) is 10.5 Å². The molecule has 0 amide bonds. The first-order valence-electron chi connectivity index (χ1n) is 8.88. The summed E-state index contributed by atoms with van der Waals surface area (Å²) in [5, 5.41) is 0.241. The van der Waals surface area contributed by atoms with Gasteiger partial charge in [0, 0.05) is 28.5 Å². The van der Waals surface area contributed by atoms with Crippen LogP contribution in [0, 0.1) is 18.6 Å². The van der Waals surface area contributed by atoms with Crippen molar-refractivity contribution in [2.75, 3.05) is 0 Å². The summed E-state index contributed by atoms with van der Waals surface area (Å²) in [6.45, 7) is 3.56. The van der Waals surface area contributed by atoms with Crippen molar-refractivity contribution in [3.05, 3.63) is 87.7 Å². The first-order valence-corrected chi connectivity index (χ1v) is 9.64. The fraction of sp³-hybridized carbons (Fsp3) is 0.136. The van der Waals surface area contributed by atoms with Gasteiger partial charge in [-0.25, -0.2) is 8.78 Å². The predicted molar refractivity (Wildman–Crippen MR) is 111 cm³/mol. The minimum absolute atomic E-state index is 0.0736. The van der Waals surface area contributed by atoms with Gasteiger partial charge >= 0.3 is 0 Å². The summed E-state index contributed by atoms with van der Waals surface area (Å²) >= 11 is 12.3. The minimum atomic E-state index is -0.624. The van der Waals surface area contributed by atoms with Gasteiger partial charge in [0.15, 0.2) is 6.10 Å². The average molecular weight is 433 g/mol. The van der Waals surface area contributed by atoms with Crippen LogP contribution in [0.15, 0.2) is 54.9 Å².